The second-order valence-electron chi connectivity index (χ2n) is 15.7. The van der Waals surface area contributed by atoms with E-state index in [1.165, 1.54) is 116 Å². The minimum absolute atomic E-state index is 0.0791. The summed E-state index contributed by atoms with van der Waals surface area (Å²) in [7, 11) is 0. The highest BCUT2D eigenvalue weighted by Crippen LogP contribution is 2.14. The number of unbranched alkanes of at least 4 members (excludes halogenated alkanes) is 25. The minimum Gasteiger partial charge on any atom is -0.462 e. The van der Waals surface area contributed by atoms with E-state index >= 15 is 0 Å². The summed E-state index contributed by atoms with van der Waals surface area (Å²) in [6, 6.07) is 0. The molecule has 0 saturated heterocycles. The van der Waals surface area contributed by atoms with Gasteiger partial charge in [-0.15, -0.1) is 0 Å². The third-order valence-electron chi connectivity index (χ3n) is 10.1. The first-order valence-electron chi connectivity index (χ1n) is 23.5. The molecule has 320 valence electrons. The van der Waals surface area contributed by atoms with Crippen LogP contribution >= 0.6 is 0 Å². The number of allylic oxidation sites excluding steroid dienone is 6. The molecule has 0 radical (unpaired) electrons. The van der Waals surface area contributed by atoms with Crippen LogP contribution in [0.1, 0.15) is 239 Å². The van der Waals surface area contributed by atoms with Crippen LogP contribution in [0.2, 0.25) is 0 Å². The smallest absolute Gasteiger partial charge is 0.306 e. The standard InChI is InChI=1S/C49H88O6/c1-4-7-10-13-16-19-22-24-25-28-30-33-36-39-42-48(51)54-45-46(44-53-47(50)41-38-35-32-29-26-21-18-15-12-9-6-3)55-49(52)43-40-37-34-31-27-23-20-17-14-11-8-5-2/h13,15-16,18,22,24,46H,4-12,14,17,19-21,23,25-45H2,1-3H3/b16-13-,18-15-,24-22-. The molecule has 0 aromatic rings. The van der Waals surface area contributed by atoms with E-state index in [2.05, 4.69) is 57.2 Å². The molecule has 1 atom stereocenters. The molecule has 0 aliphatic rings. The van der Waals surface area contributed by atoms with Gasteiger partial charge >= 0.3 is 17.9 Å². The monoisotopic (exact) mass is 773 g/mol. The maximum Gasteiger partial charge on any atom is 0.306 e. The van der Waals surface area contributed by atoms with Gasteiger partial charge in [-0.2, -0.15) is 0 Å². The van der Waals surface area contributed by atoms with Gasteiger partial charge in [0.15, 0.2) is 6.10 Å². The SMILES string of the molecule is CCCC/C=C\C/C=C\CCCCCCCC(=O)OCC(COC(=O)CCCCCCC/C=C\CCCC)OC(=O)CCCCCCCCCCCCCC. The van der Waals surface area contributed by atoms with E-state index in [9.17, 15) is 14.4 Å². The number of esters is 3. The van der Waals surface area contributed by atoms with Crippen molar-refractivity contribution in [1.82, 2.24) is 0 Å². The molecule has 0 aromatic carbocycles. The average molecular weight is 773 g/mol. The molecule has 0 aliphatic carbocycles. The lowest BCUT2D eigenvalue weighted by Crippen LogP contribution is -2.30. The zero-order chi connectivity index (χ0) is 40.1. The van der Waals surface area contributed by atoms with Crippen molar-refractivity contribution in [2.24, 2.45) is 0 Å². The Bertz CT molecular complexity index is 938. The molecule has 6 heteroatoms. The zero-order valence-electron chi connectivity index (χ0n) is 36.4. The molecule has 0 N–H and O–H groups in total. The van der Waals surface area contributed by atoms with Crippen molar-refractivity contribution in [2.75, 3.05) is 13.2 Å². The topological polar surface area (TPSA) is 78.9 Å². The normalized spacial score (nSPS) is 12.3. The van der Waals surface area contributed by atoms with Gasteiger partial charge in [-0.1, -0.05) is 192 Å². The second-order valence-corrected chi connectivity index (χ2v) is 15.7. The van der Waals surface area contributed by atoms with Crippen molar-refractivity contribution < 1.29 is 28.6 Å². The Labute approximate surface area is 340 Å². The highest BCUT2D eigenvalue weighted by molar-refractivity contribution is 5.71. The predicted molar refractivity (Wildman–Crippen MR) is 233 cm³/mol. The van der Waals surface area contributed by atoms with Gasteiger partial charge in [-0.3, -0.25) is 14.4 Å². The van der Waals surface area contributed by atoms with Crippen molar-refractivity contribution in [3.05, 3.63) is 36.5 Å². The Kier molecular flexibility index (Phi) is 42.4. The number of ether oxygens (including phenoxy) is 3. The molecular weight excluding hydrogens is 685 g/mol. The molecule has 55 heavy (non-hydrogen) atoms. The van der Waals surface area contributed by atoms with E-state index in [-0.39, 0.29) is 31.1 Å². The summed E-state index contributed by atoms with van der Waals surface area (Å²) in [5.74, 6) is -0.899. The quantitative estimate of drug-likeness (QED) is 0.0266. The molecule has 0 saturated carbocycles. The summed E-state index contributed by atoms with van der Waals surface area (Å²) in [5, 5.41) is 0. The van der Waals surface area contributed by atoms with Crippen LogP contribution in [0.15, 0.2) is 36.5 Å². The molecule has 0 aliphatic heterocycles. The van der Waals surface area contributed by atoms with Crippen LogP contribution in [0.25, 0.3) is 0 Å². The molecule has 0 amide bonds. The van der Waals surface area contributed by atoms with E-state index in [1.54, 1.807) is 0 Å². The molecule has 0 bridgehead atoms. The van der Waals surface area contributed by atoms with Gasteiger partial charge in [0, 0.05) is 19.3 Å². The lowest BCUT2D eigenvalue weighted by atomic mass is 10.0. The van der Waals surface area contributed by atoms with E-state index in [4.69, 9.17) is 14.2 Å². The largest absolute Gasteiger partial charge is 0.462 e. The summed E-state index contributed by atoms with van der Waals surface area (Å²) < 4.78 is 16.7. The van der Waals surface area contributed by atoms with Gasteiger partial charge in [0.1, 0.15) is 13.2 Å². The fraction of sp³-hybridized carbons (Fsp3) is 0.816. The summed E-state index contributed by atoms with van der Waals surface area (Å²) in [6.45, 7) is 6.54. The van der Waals surface area contributed by atoms with Crippen LogP contribution in [0.4, 0.5) is 0 Å². The minimum atomic E-state index is -0.775. The molecular formula is C49H88O6. The van der Waals surface area contributed by atoms with E-state index < -0.39 is 6.10 Å². The molecule has 1 unspecified atom stereocenters. The van der Waals surface area contributed by atoms with Gasteiger partial charge in [0.05, 0.1) is 0 Å². The van der Waals surface area contributed by atoms with E-state index in [1.807, 2.05) is 0 Å². The number of carbonyl (C=O) groups excluding carboxylic acids is 3. The third-order valence-corrected chi connectivity index (χ3v) is 10.1. The predicted octanol–water partition coefficient (Wildman–Crippen LogP) is 15.0. The first kappa shape index (κ1) is 52.6. The van der Waals surface area contributed by atoms with E-state index in [0.29, 0.717) is 19.3 Å². The van der Waals surface area contributed by atoms with E-state index in [0.717, 1.165) is 83.5 Å². The lowest BCUT2D eigenvalue weighted by molar-refractivity contribution is -0.167. The molecule has 0 heterocycles. The third kappa shape index (κ3) is 42.6. The molecule has 0 rings (SSSR count). The van der Waals surface area contributed by atoms with Crippen LogP contribution in [0.5, 0.6) is 0 Å². The Morgan fingerprint density at radius 1 is 0.364 bits per heavy atom. The van der Waals surface area contributed by atoms with Gasteiger partial charge in [-0.25, -0.2) is 0 Å². The number of hydrogen-bond acceptors (Lipinski definition) is 6. The van der Waals surface area contributed by atoms with Gasteiger partial charge < -0.3 is 14.2 Å². The van der Waals surface area contributed by atoms with Gasteiger partial charge in [-0.05, 0) is 64.2 Å². The van der Waals surface area contributed by atoms with Crippen LogP contribution in [0, 0.1) is 0 Å². The van der Waals surface area contributed by atoms with Gasteiger partial charge in [0.2, 0.25) is 0 Å². The first-order chi connectivity index (χ1) is 27.0. The lowest BCUT2D eigenvalue weighted by Gasteiger charge is -2.18. The Morgan fingerprint density at radius 2 is 0.673 bits per heavy atom. The maximum atomic E-state index is 12.7. The summed E-state index contributed by atoms with van der Waals surface area (Å²) in [4.78, 5) is 37.7. The van der Waals surface area contributed by atoms with Crippen molar-refractivity contribution in [3.63, 3.8) is 0 Å². The van der Waals surface area contributed by atoms with Crippen molar-refractivity contribution >= 4 is 17.9 Å². The number of rotatable bonds is 42. The first-order valence-corrected chi connectivity index (χ1v) is 23.5. The summed E-state index contributed by atoms with van der Waals surface area (Å²) in [6.07, 6.45) is 49.8. The van der Waals surface area contributed by atoms with Crippen LogP contribution < -0.4 is 0 Å². The maximum absolute atomic E-state index is 12.7. The van der Waals surface area contributed by atoms with Crippen LogP contribution in [-0.2, 0) is 28.6 Å². The molecule has 6 nitrogen and oxygen atoms in total. The van der Waals surface area contributed by atoms with Gasteiger partial charge in [0.25, 0.3) is 0 Å². The Hall–Kier alpha value is -2.37. The summed E-state index contributed by atoms with van der Waals surface area (Å²) in [5.41, 5.74) is 0. The van der Waals surface area contributed by atoms with Crippen molar-refractivity contribution in [1.29, 1.82) is 0 Å². The number of hydrogen-bond donors (Lipinski definition) is 0. The Morgan fingerprint density at radius 3 is 1.07 bits per heavy atom. The zero-order valence-corrected chi connectivity index (χ0v) is 36.4. The molecule has 0 aromatic heterocycles. The fourth-order valence-corrected chi connectivity index (χ4v) is 6.50. The fourth-order valence-electron chi connectivity index (χ4n) is 6.50. The number of carbonyl (C=O) groups is 3. The average Bonchev–Trinajstić information content (AvgIpc) is 3.18. The van der Waals surface area contributed by atoms with Crippen molar-refractivity contribution in [3.8, 4) is 0 Å². The van der Waals surface area contributed by atoms with Crippen LogP contribution in [-0.4, -0.2) is 37.2 Å². The Balaban J connectivity index is 4.39. The highest BCUT2D eigenvalue weighted by Gasteiger charge is 2.19. The van der Waals surface area contributed by atoms with Crippen LogP contribution in [0.3, 0.4) is 0 Å². The van der Waals surface area contributed by atoms with Crippen molar-refractivity contribution in [2.45, 2.75) is 245 Å². The molecule has 0 spiro atoms. The second kappa shape index (κ2) is 44.3. The summed E-state index contributed by atoms with van der Waals surface area (Å²) >= 11 is 0. The highest BCUT2D eigenvalue weighted by atomic mass is 16.6. The molecule has 0 fully saturated rings.